The van der Waals surface area contributed by atoms with E-state index >= 15 is 0 Å². The molecule has 1 aliphatic rings. The quantitative estimate of drug-likeness (QED) is 0.538. The minimum Gasteiger partial charge on any atom is -0.496 e. The second-order valence-corrected chi connectivity index (χ2v) is 8.36. The zero-order valence-electron chi connectivity index (χ0n) is 18.7. The van der Waals surface area contributed by atoms with Gasteiger partial charge < -0.3 is 14.4 Å². The highest BCUT2D eigenvalue weighted by atomic mass is 19.1. The number of hydrogen-bond acceptors (Lipinski definition) is 6. The maximum atomic E-state index is 13.4. The molecule has 0 saturated carbocycles. The van der Waals surface area contributed by atoms with Gasteiger partial charge in [0.2, 0.25) is 0 Å². The summed E-state index contributed by atoms with van der Waals surface area (Å²) < 4.78 is 24.7. The van der Waals surface area contributed by atoms with Crippen molar-refractivity contribution in [1.82, 2.24) is 15.1 Å². The van der Waals surface area contributed by atoms with Gasteiger partial charge in [-0.15, -0.1) is 0 Å². The molecule has 2 heterocycles. The van der Waals surface area contributed by atoms with Gasteiger partial charge in [-0.2, -0.15) is 5.10 Å². The van der Waals surface area contributed by atoms with Crippen LogP contribution in [0.5, 0.6) is 11.5 Å². The SMILES string of the molecule is COc1cc(OC[C@H](C)CN2CCN(c3n[nH]c4cc(F)ccc34)CC2)ccc1C(C)=O. The summed E-state index contributed by atoms with van der Waals surface area (Å²) in [5.41, 5.74) is 1.28. The van der Waals surface area contributed by atoms with Crippen LogP contribution in [-0.4, -0.2) is 67.3 Å². The van der Waals surface area contributed by atoms with Gasteiger partial charge in [-0.3, -0.25) is 14.8 Å². The molecule has 0 amide bonds. The van der Waals surface area contributed by atoms with E-state index in [2.05, 4.69) is 26.9 Å². The Bertz CT molecular complexity index is 1090. The molecule has 1 fully saturated rings. The third kappa shape index (κ3) is 4.85. The van der Waals surface area contributed by atoms with Crippen molar-refractivity contribution in [3.05, 3.63) is 47.8 Å². The summed E-state index contributed by atoms with van der Waals surface area (Å²) in [5, 5.41) is 8.29. The van der Waals surface area contributed by atoms with E-state index in [0.717, 1.165) is 49.4 Å². The number of nitrogens with zero attached hydrogens (tertiary/aromatic N) is 3. The Balaban J connectivity index is 1.27. The number of methoxy groups -OCH3 is 1. The molecule has 3 aromatic rings. The molecule has 1 aliphatic heterocycles. The first-order valence-electron chi connectivity index (χ1n) is 10.9. The molecule has 32 heavy (non-hydrogen) atoms. The number of ether oxygens (including phenoxy) is 2. The Hall–Kier alpha value is -3.13. The number of Topliss-reactive ketones (excluding diaryl/α,β-unsaturated/α-hetero) is 1. The van der Waals surface area contributed by atoms with Crippen LogP contribution in [0, 0.1) is 11.7 Å². The molecule has 0 bridgehead atoms. The molecule has 1 N–H and O–H groups in total. The minimum atomic E-state index is -0.262. The minimum absolute atomic E-state index is 0.0316. The molecule has 7 nitrogen and oxygen atoms in total. The highest BCUT2D eigenvalue weighted by Crippen LogP contribution is 2.27. The lowest BCUT2D eigenvalue weighted by Crippen LogP contribution is -2.48. The van der Waals surface area contributed by atoms with Crippen LogP contribution in [0.4, 0.5) is 10.2 Å². The molecule has 0 unspecified atom stereocenters. The first kappa shape index (κ1) is 22.1. The van der Waals surface area contributed by atoms with Crippen molar-refractivity contribution in [1.29, 1.82) is 0 Å². The highest BCUT2D eigenvalue weighted by Gasteiger charge is 2.22. The van der Waals surface area contributed by atoms with Gasteiger partial charge in [0.05, 0.1) is 24.8 Å². The maximum absolute atomic E-state index is 13.4. The number of rotatable bonds is 8. The number of hydrogen-bond donors (Lipinski definition) is 1. The number of aromatic nitrogens is 2. The first-order valence-corrected chi connectivity index (χ1v) is 10.9. The Morgan fingerprint density at radius 1 is 1.19 bits per heavy atom. The molecule has 1 atom stereocenters. The van der Waals surface area contributed by atoms with Gasteiger partial charge in [0.1, 0.15) is 17.3 Å². The normalized spacial score (nSPS) is 15.7. The van der Waals surface area contributed by atoms with Crippen LogP contribution in [0.2, 0.25) is 0 Å². The van der Waals surface area contributed by atoms with Crippen LogP contribution in [-0.2, 0) is 0 Å². The Kier molecular flexibility index (Phi) is 6.60. The molecular formula is C24H29FN4O3. The fourth-order valence-corrected chi connectivity index (χ4v) is 4.14. The van der Waals surface area contributed by atoms with Gasteiger partial charge in [-0.25, -0.2) is 4.39 Å². The predicted molar refractivity (Wildman–Crippen MR) is 122 cm³/mol. The monoisotopic (exact) mass is 440 g/mol. The molecule has 170 valence electrons. The van der Waals surface area contributed by atoms with E-state index in [1.165, 1.54) is 19.1 Å². The summed E-state index contributed by atoms with van der Waals surface area (Å²) in [6.07, 6.45) is 0. The summed E-state index contributed by atoms with van der Waals surface area (Å²) in [4.78, 5) is 16.3. The summed E-state index contributed by atoms with van der Waals surface area (Å²) in [6.45, 7) is 8.81. The number of aromatic amines is 1. The molecule has 1 saturated heterocycles. The number of nitrogens with one attached hydrogen (secondary N) is 1. The lowest BCUT2D eigenvalue weighted by molar-refractivity contribution is 0.101. The van der Waals surface area contributed by atoms with Crippen LogP contribution in [0.15, 0.2) is 36.4 Å². The van der Waals surface area contributed by atoms with Crippen LogP contribution >= 0.6 is 0 Å². The summed E-state index contributed by atoms with van der Waals surface area (Å²) in [5.74, 6) is 2.17. The number of H-pyrrole nitrogens is 1. The van der Waals surface area contributed by atoms with Crippen molar-refractivity contribution < 1.29 is 18.7 Å². The maximum Gasteiger partial charge on any atom is 0.163 e. The number of carbonyl (C=O) groups is 1. The summed E-state index contributed by atoms with van der Waals surface area (Å²) in [7, 11) is 1.55. The lowest BCUT2D eigenvalue weighted by atomic mass is 10.1. The molecule has 0 aliphatic carbocycles. The Morgan fingerprint density at radius 3 is 2.69 bits per heavy atom. The second kappa shape index (κ2) is 9.56. The first-order chi connectivity index (χ1) is 15.4. The number of halogens is 1. The molecular weight excluding hydrogens is 411 g/mol. The molecule has 1 aromatic heterocycles. The molecule has 2 aromatic carbocycles. The van der Waals surface area contributed by atoms with E-state index in [4.69, 9.17) is 9.47 Å². The van der Waals surface area contributed by atoms with Crippen LogP contribution in [0.3, 0.4) is 0 Å². The fourth-order valence-electron chi connectivity index (χ4n) is 4.14. The summed E-state index contributed by atoms with van der Waals surface area (Å²) in [6, 6.07) is 10.1. The largest absolute Gasteiger partial charge is 0.496 e. The van der Waals surface area contributed by atoms with Crippen molar-refractivity contribution in [2.24, 2.45) is 5.92 Å². The van der Waals surface area contributed by atoms with Gasteiger partial charge in [0, 0.05) is 50.1 Å². The standard InChI is InChI=1S/C24H29FN4O3/c1-16(15-32-19-5-7-20(17(2)30)23(13-19)31-3)14-28-8-10-29(11-9-28)24-21-6-4-18(25)12-22(21)26-27-24/h4-7,12-13,16H,8-11,14-15H2,1-3H3,(H,26,27)/t16-/m1/s1. The third-order valence-corrected chi connectivity index (χ3v) is 5.83. The van der Waals surface area contributed by atoms with Crippen molar-refractivity contribution in [2.45, 2.75) is 13.8 Å². The highest BCUT2D eigenvalue weighted by molar-refractivity contribution is 5.97. The smallest absolute Gasteiger partial charge is 0.163 e. The number of fused-ring (bicyclic) bond motifs is 1. The molecule has 0 radical (unpaired) electrons. The predicted octanol–water partition coefficient (Wildman–Crippen LogP) is 3.75. The molecule has 4 rings (SSSR count). The van der Waals surface area contributed by atoms with E-state index in [1.807, 2.05) is 6.07 Å². The average molecular weight is 441 g/mol. The fraction of sp³-hybridized carbons (Fsp3) is 0.417. The van der Waals surface area contributed by atoms with E-state index in [9.17, 15) is 9.18 Å². The van der Waals surface area contributed by atoms with Crippen LogP contribution in [0.25, 0.3) is 10.9 Å². The zero-order chi connectivity index (χ0) is 22.7. The van der Waals surface area contributed by atoms with Gasteiger partial charge in [0.25, 0.3) is 0 Å². The van der Waals surface area contributed by atoms with Crippen LogP contribution < -0.4 is 14.4 Å². The molecule has 0 spiro atoms. The summed E-state index contributed by atoms with van der Waals surface area (Å²) >= 11 is 0. The van der Waals surface area contributed by atoms with E-state index in [1.54, 1.807) is 25.3 Å². The number of piperazine rings is 1. The lowest BCUT2D eigenvalue weighted by Gasteiger charge is -2.36. The topological polar surface area (TPSA) is 70.7 Å². The third-order valence-electron chi connectivity index (χ3n) is 5.83. The number of carbonyl (C=O) groups excluding carboxylic acids is 1. The van der Waals surface area contributed by atoms with Crippen LogP contribution in [0.1, 0.15) is 24.2 Å². The molecule has 8 heteroatoms. The second-order valence-electron chi connectivity index (χ2n) is 8.36. The van der Waals surface area contributed by atoms with Crippen molar-refractivity contribution in [3.63, 3.8) is 0 Å². The van der Waals surface area contributed by atoms with Gasteiger partial charge in [-0.05, 0) is 37.3 Å². The van der Waals surface area contributed by atoms with Crippen molar-refractivity contribution in [2.75, 3.05) is 51.3 Å². The number of benzene rings is 2. The van der Waals surface area contributed by atoms with Crippen molar-refractivity contribution in [3.8, 4) is 11.5 Å². The van der Waals surface area contributed by atoms with E-state index in [0.29, 0.717) is 29.6 Å². The number of anilines is 1. The van der Waals surface area contributed by atoms with E-state index < -0.39 is 0 Å². The van der Waals surface area contributed by atoms with Crippen molar-refractivity contribution >= 4 is 22.5 Å². The van der Waals surface area contributed by atoms with Gasteiger partial charge in [-0.1, -0.05) is 6.92 Å². The zero-order valence-corrected chi connectivity index (χ0v) is 18.7. The number of ketones is 1. The Morgan fingerprint density at radius 2 is 1.97 bits per heavy atom. The average Bonchev–Trinajstić information content (AvgIpc) is 3.20. The Labute approximate surface area is 187 Å². The van der Waals surface area contributed by atoms with Gasteiger partial charge >= 0.3 is 0 Å². The van der Waals surface area contributed by atoms with E-state index in [-0.39, 0.29) is 11.6 Å². The van der Waals surface area contributed by atoms with Gasteiger partial charge in [0.15, 0.2) is 11.6 Å².